The van der Waals surface area contributed by atoms with Crippen LogP contribution in [-0.2, 0) is 65.3 Å². The molecule has 0 aromatic heterocycles. The van der Waals surface area contributed by atoms with Gasteiger partial charge in [0.05, 0.1) is 0 Å². The van der Waals surface area contributed by atoms with Crippen LogP contribution in [0.2, 0.25) is 0 Å². The molecule has 0 radical (unpaired) electrons. The number of hydrogen-bond donors (Lipinski definition) is 0. The molecule has 0 aromatic rings. The Bertz CT molecular complexity index is 13.5. The van der Waals surface area contributed by atoms with E-state index in [0.717, 1.165) is 17.4 Å². The standard InChI is InChI=1S/2O.V.2W.Yb. The molecule has 0 saturated heterocycles. The van der Waals surface area contributed by atoms with Gasteiger partial charge < -0.3 is 0 Å². The van der Waals surface area contributed by atoms with Crippen molar-refractivity contribution in [1.29, 1.82) is 0 Å². The van der Waals surface area contributed by atoms with Gasteiger partial charge in [-0.05, 0) is 0 Å². The molecule has 0 atom stereocenters. The molecule has 0 saturated carbocycles. The van der Waals surface area contributed by atoms with E-state index in [-0.39, 0.29) is 68.0 Å². The Morgan fingerprint density at radius 2 is 1.17 bits per heavy atom. The molecule has 0 rings (SSSR count). The van der Waals surface area contributed by atoms with E-state index in [4.69, 9.17) is 7.07 Å². The molecule has 0 N–H and O–H groups in total. The van der Waals surface area contributed by atoms with Gasteiger partial charge in [0.1, 0.15) is 0 Å². The van der Waals surface area contributed by atoms with Gasteiger partial charge in [-0.3, -0.25) is 0 Å². The molecule has 0 aromatic carbocycles. The molecule has 0 amide bonds. The Balaban J connectivity index is -0.00000000500. The van der Waals surface area contributed by atoms with Crippen LogP contribution in [0.4, 0.5) is 0 Å². The van der Waals surface area contributed by atoms with E-state index in [0.29, 0.717) is 19.8 Å². The monoisotopic (exact) mass is 625 g/mol. The zero-order valence-electron chi connectivity index (χ0n) is 2.35. The zero-order valence-corrected chi connectivity index (χ0v) is 11.3. The maximum absolute atomic E-state index is 8.33. The molecule has 43 valence electrons. The first kappa shape index (κ1) is 23.0. The van der Waals surface area contributed by atoms with Gasteiger partial charge in [0.25, 0.3) is 0 Å². The van der Waals surface area contributed by atoms with Gasteiger partial charge in [-0.1, -0.05) is 0 Å². The topological polar surface area (TPSA) is 34.1 Å². The number of rotatable bonds is 0. The fourth-order valence-electron chi connectivity index (χ4n) is 0. The van der Waals surface area contributed by atoms with Crippen LogP contribution in [0.15, 0.2) is 0 Å². The predicted octanol–water partition coefficient (Wildman–Crippen LogP) is -0.245. The summed E-state index contributed by atoms with van der Waals surface area (Å²) in [7, 11) is 0. The Kier molecular flexibility index (Phi) is 163. The summed E-state index contributed by atoms with van der Waals surface area (Å²) in [4.78, 5) is 0. The molecule has 2 nitrogen and oxygen atoms in total. The predicted molar refractivity (Wildman–Crippen MR) is 1.37 cm³/mol. The summed E-state index contributed by atoms with van der Waals surface area (Å²) in [6, 6.07) is 0. The molecule has 0 aliphatic carbocycles. The normalized spacial score (nSPS) is 1.17. The van der Waals surface area contributed by atoms with Gasteiger partial charge in [0, 0.05) is 68.0 Å². The van der Waals surface area contributed by atoms with E-state index >= 15 is 0 Å². The Morgan fingerprint density at radius 1 is 1.17 bits per heavy atom. The third-order valence-corrected chi connectivity index (χ3v) is 0. The average molecular weight is 624 g/mol. The van der Waals surface area contributed by atoms with Crippen LogP contribution in [0.3, 0.4) is 0 Å². The summed E-state index contributed by atoms with van der Waals surface area (Å²) in [5.41, 5.74) is 0. The van der Waals surface area contributed by atoms with Crippen molar-refractivity contribution in [2.75, 3.05) is 0 Å². The third kappa shape index (κ3) is 27.6. The van der Waals surface area contributed by atoms with Crippen molar-refractivity contribution in [1.82, 2.24) is 0 Å². The second-order valence-corrected chi connectivity index (χ2v) is 0. The smallest absolute Gasteiger partial charge is 0 e. The Labute approximate surface area is 109 Å². The van der Waals surface area contributed by atoms with Gasteiger partial charge in [-0.2, -0.15) is 0 Å². The van der Waals surface area contributed by atoms with Crippen LogP contribution < -0.4 is 0 Å². The first-order valence-electron chi connectivity index (χ1n) is 0.349. The quantitative estimate of drug-likeness (QED) is 0.374. The molecule has 0 heterocycles. The molecule has 0 fully saturated rings. The molecular weight excluding hydrogens is 624 g/mol. The van der Waals surface area contributed by atoms with Crippen molar-refractivity contribution in [3.05, 3.63) is 0 Å². The van der Waals surface area contributed by atoms with Crippen molar-refractivity contribution in [3.8, 4) is 0 Å². The zero-order chi connectivity index (χ0) is 4.00. The fourth-order valence-corrected chi connectivity index (χ4v) is 0. The van der Waals surface area contributed by atoms with Crippen LogP contribution in [0, 0.1) is 46.9 Å². The summed E-state index contributed by atoms with van der Waals surface area (Å²) in [6.07, 6.45) is 0. The largest absolute Gasteiger partial charge is 0 e. The van der Waals surface area contributed by atoms with E-state index in [2.05, 4.69) is 0 Å². The van der Waals surface area contributed by atoms with Crippen LogP contribution in [0.1, 0.15) is 0 Å². The van der Waals surface area contributed by atoms with Crippen molar-refractivity contribution < 1.29 is 112 Å². The van der Waals surface area contributed by atoms with E-state index in [1.165, 1.54) is 0 Å². The van der Waals surface area contributed by atoms with Crippen LogP contribution >= 0.6 is 0 Å². The van der Waals surface area contributed by atoms with E-state index in [1.54, 1.807) is 0 Å². The van der Waals surface area contributed by atoms with Gasteiger partial charge in [0.2, 0.25) is 0 Å². The summed E-state index contributed by atoms with van der Waals surface area (Å²) in [5.74, 6) is 0. The van der Waals surface area contributed by atoms with Crippen molar-refractivity contribution in [2.24, 2.45) is 0 Å². The van der Waals surface area contributed by atoms with Crippen LogP contribution in [-0.4, -0.2) is 0 Å². The van der Waals surface area contributed by atoms with E-state index in [9.17, 15) is 0 Å². The minimum atomic E-state index is 0. The van der Waals surface area contributed by atoms with Gasteiger partial charge in [-0.15, -0.1) is 0 Å². The fraction of sp³-hybridized carbons (Fsp3) is 0. The SMILES string of the molecule is [O]=[V].[O]=[W].[W].[Yb]. The summed E-state index contributed by atoms with van der Waals surface area (Å²) in [5, 5.41) is 0. The maximum Gasteiger partial charge on any atom is 0 e. The number of hydrogen-bond acceptors (Lipinski definition) is 2. The maximum atomic E-state index is 8.33. The third-order valence-electron chi connectivity index (χ3n) is 0. The van der Waals surface area contributed by atoms with Crippen molar-refractivity contribution in [2.45, 2.75) is 0 Å². The summed E-state index contributed by atoms with van der Waals surface area (Å²) < 4.78 is 16.5. The van der Waals surface area contributed by atoms with Crippen molar-refractivity contribution in [3.63, 3.8) is 0 Å². The average Bonchev–Trinajstić information content (AvgIpc) is 1.50. The summed E-state index contributed by atoms with van der Waals surface area (Å²) in [6.45, 7) is 0. The van der Waals surface area contributed by atoms with Gasteiger partial charge >= 0.3 is 44.2 Å². The Hall–Kier alpha value is 3.08. The van der Waals surface area contributed by atoms with Crippen LogP contribution in [0.5, 0.6) is 0 Å². The molecule has 6 heavy (non-hydrogen) atoms. The van der Waals surface area contributed by atoms with Crippen LogP contribution in [0.25, 0.3) is 0 Å². The van der Waals surface area contributed by atoms with Gasteiger partial charge in [-0.25, -0.2) is 0 Å². The Morgan fingerprint density at radius 3 is 1.17 bits per heavy atom. The molecule has 0 spiro atoms. The second-order valence-electron chi connectivity index (χ2n) is 0. The minimum Gasteiger partial charge on any atom is 0 e. The summed E-state index contributed by atoms with van der Waals surface area (Å²) >= 11 is 1.40. The first-order chi connectivity index (χ1) is 2.00. The molecule has 0 aliphatic heterocycles. The van der Waals surface area contributed by atoms with E-state index < -0.39 is 0 Å². The molecular formula is O2VW2Yb. The molecule has 0 unspecified atom stereocenters. The van der Waals surface area contributed by atoms with E-state index in [1.807, 2.05) is 0 Å². The molecule has 0 aliphatic rings. The molecule has 0 bridgehead atoms. The van der Waals surface area contributed by atoms with Gasteiger partial charge in [0.15, 0.2) is 0 Å². The molecule has 6 heteroatoms. The second kappa shape index (κ2) is 42.7. The first-order valence-corrected chi connectivity index (χ1v) is 2.12. The minimum absolute atomic E-state index is 0. The van der Waals surface area contributed by atoms with Crippen molar-refractivity contribution >= 4 is 0 Å².